The number of thiazole rings is 1. The lowest BCUT2D eigenvalue weighted by Crippen LogP contribution is -2.12. The van der Waals surface area contributed by atoms with E-state index in [4.69, 9.17) is 4.52 Å². The van der Waals surface area contributed by atoms with Gasteiger partial charge in [-0.1, -0.05) is 11.2 Å². The van der Waals surface area contributed by atoms with Gasteiger partial charge in [0.1, 0.15) is 0 Å². The minimum Gasteiger partial charge on any atom is -0.355 e. The molecule has 1 aliphatic rings. The molecule has 0 saturated heterocycles. The van der Waals surface area contributed by atoms with E-state index in [1.54, 1.807) is 28.7 Å². The van der Waals surface area contributed by atoms with Gasteiger partial charge in [-0.2, -0.15) is 0 Å². The first-order valence-corrected chi connectivity index (χ1v) is 8.80. The van der Waals surface area contributed by atoms with E-state index in [-0.39, 0.29) is 11.6 Å². The molecule has 0 unspecified atom stereocenters. The number of aromatic nitrogens is 2. The van der Waals surface area contributed by atoms with Crippen LogP contribution in [0.2, 0.25) is 0 Å². The Morgan fingerprint density at radius 3 is 3.05 bits per heavy atom. The molecule has 1 amide bonds. The number of rotatable bonds is 3. The molecule has 0 aromatic carbocycles. The van der Waals surface area contributed by atoms with Crippen LogP contribution in [0.5, 0.6) is 0 Å². The second-order valence-electron chi connectivity index (χ2n) is 5.10. The fraction of sp³-hybridized carbons (Fsp3) is 0.267. The van der Waals surface area contributed by atoms with Gasteiger partial charge in [0.2, 0.25) is 0 Å². The monoisotopic (exact) mass is 331 g/mol. The lowest BCUT2D eigenvalue weighted by atomic mass is 10.0. The van der Waals surface area contributed by atoms with Crippen LogP contribution >= 0.6 is 22.7 Å². The minimum atomic E-state index is -0.280. The Morgan fingerprint density at radius 2 is 2.23 bits per heavy atom. The van der Waals surface area contributed by atoms with E-state index < -0.39 is 0 Å². The summed E-state index contributed by atoms with van der Waals surface area (Å²) in [6.45, 7) is 0. The number of hydrogen-bond acceptors (Lipinski definition) is 6. The van der Waals surface area contributed by atoms with E-state index in [1.165, 1.54) is 17.7 Å². The van der Waals surface area contributed by atoms with Gasteiger partial charge in [-0.3, -0.25) is 10.1 Å². The molecule has 0 saturated carbocycles. The topological polar surface area (TPSA) is 68.0 Å². The molecule has 0 spiro atoms. The predicted molar refractivity (Wildman–Crippen MR) is 86.5 cm³/mol. The van der Waals surface area contributed by atoms with E-state index in [9.17, 15) is 4.79 Å². The molecule has 0 atom stereocenters. The molecule has 3 aromatic heterocycles. The van der Waals surface area contributed by atoms with Crippen LogP contribution in [0.3, 0.4) is 0 Å². The van der Waals surface area contributed by atoms with Gasteiger partial charge in [0.05, 0.1) is 10.6 Å². The molecule has 112 valence electrons. The maximum atomic E-state index is 12.2. The number of amides is 1. The largest absolute Gasteiger partial charge is 0.355 e. The highest BCUT2D eigenvalue weighted by atomic mass is 32.1. The first-order chi connectivity index (χ1) is 10.8. The molecule has 22 heavy (non-hydrogen) atoms. The number of thiophene rings is 1. The second-order valence-corrected chi connectivity index (χ2v) is 7.14. The van der Waals surface area contributed by atoms with Gasteiger partial charge in [-0.25, -0.2) is 4.98 Å². The maximum Gasteiger partial charge on any atom is 0.279 e. The molecule has 0 radical (unpaired) electrons. The van der Waals surface area contributed by atoms with Gasteiger partial charge < -0.3 is 4.52 Å². The lowest BCUT2D eigenvalue weighted by Gasteiger charge is -2.06. The third-order valence-corrected chi connectivity index (χ3v) is 5.53. The molecule has 3 heterocycles. The van der Waals surface area contributed by atoms with Crippen molar-refractivity contribution in [3.63, 3.8) is 0 Å². The Morgan fingerprint density at radius 1 is 1.32 bits per heavy atom. The fourth-order valence-electron chi connectivity index (χ4n) is 2.48. The van der Waals surface area contributed by atoms with Crippen molar-refractivity contribution in [3.05, 3.63) is 39.8 Å². The highest BCUT2D eigenvalue weighted by Gasteiger charge is 2.19. The van der Waals surface area contributed by atoms with Crippen molar-refractivity contribution >= 4 is 33.7 Å². The van der Waals surface area contributed by atoms with Crippen molar-refractivity contribution in [3.8, 4) is 10.6 Å². The van der Waals surface area contributed by atoms with Crippen LogP contribution in [-0.4, -0.2) is 16.0 Å². The summed E-state index contributed by atoms with van der Waals surface area (Å²) in [7, 11) is 0. The number of nitrogens with zero attached hydrogens (tertiary/aromatic N) is 2. The number of anilines is 1. The molecular formula is C15H13N3O2S2. The third kappa shape index (κ3) is 2.57. The van der Waals surface area contributed by atoms with Crippen LogP contribution in [0.25, 0.3) is 10.6 Å². The molecule has 3 aromatic rings. The van der Waals surface area contributed by atoms with Crippen molar-refractivity contribution < 1.29 is 9.32 Å². The molecule has 7 heteroatoms. The molecule has 1 N–H and O–H groups in total. The van der Waals surface area contributed by atoms with Crippen LogP contribution in [0.1, 0.15) is 33.9 Å². The summed E-state index contributed by atoms with van der Waals surface area (Å²) < 4.78 is 5.23. The average molecular weight is 331 g/mol. The number of fused-ring (bicyclic) bond motifs is 1. The first-order valence-electron chi connectivity index (χ1n) is 7.10. The Balaban J connectivity index is 1.51. The summed E-state index contributed by atoms with van der Waals surface area (Å²) in [6, 6.07) is 5.53. The summed E-state index contributed by atoms with van der Waals surface area (Å²) >= 11 is 3.11. The van der Waals surface area contributed by atoms with E-state index in [1.807, 2.05) is 17.5 Å². The van der Waals surface area contributed by atoms with Gasteiger partial charge in [0.25, 0.3) is 5.91 Å². The zero-order chi connectivity index (χ0) is 14.9. The molecular weight excluding hydrogens is 318 g/mol. The molecule has 4 rings (SSSR count). The standard InChI is InChI=1S/C15H13N3O2S2/c19-14(10-8-11(20-18-10)13-6-3-7-21-13)17-15-16-9-4-1-2-5-12(9)22-15/h3,6-8H,1-2,4-5H2,(H,16,17,19). The molecule has 0 bridgehead atoms. The van der Waals surface area contributed by atoms with Crippen LogP contribution < -0.4 is 5.32 Å². The summed E-state index contributed by atoms with van der Waals surface area (Å²) in [5, 5.41) is 9.28. The van der Waals surface area contributed by atoms with E-state index in [0.29, 0.717) is 10.9 Å². The summed E-state index contributed by atoms with van der Waals surface area (Å²) in [4.78, 5) is 19.0. The number of nitrogens with one attached hydrogen (secondary N) is 1. The van der Waals surface area contributed by atoms with Crippen molar-refractivity contribution in [1.29, 1.82) is 0 Å². The first kappa shape index (κ1) is 13.7. The van der Waals surface area contributed by atoms with E-state index >= 15 is 0 Å². The Labute approximate surface area is 135 Å². The molecule has 5 nitrogen and oxygen atoms in total. The normalized spacial score (nSPS) is 13.8. The van der Waals surface area contributed by atoms with Crippen molar-refractivity contribution in [2.24, 2.45) is 0 Å². The third-order valence-electron chi connectivity index (χ3n) is 3.57. The number of hydrogen-bond donors (Lipinski definition) is 1. The van der Waals surface area contributed by atoms with Crippen LogP contribution in [0.4, 0.5) is 5.13 Å². The molecule has 0 fully saturated rings. The highest BCUT2D eigenvalue weighted by Crippen LogP contribution is 2.30. The molecule has 1 aliphatic carbocycles. The van der Waals surface area contributed by atoms with Gasteiger partial charge in [-0.15, -0.1) is 22.7 Å². The van der Waals surface area contributed by atoms with E-state index in [0.717, 1.165) is 23.4 Å². The predicted octanol–water partition coefficient (Wildman–Crippen LogP) is 3.99. The smallest absolute Gasteiger partial charge is 0.279 e. The zero-order valence-electron chi connectivity index (χ0n) is 11.7. The Hall–Kier alpha value is -1.99. The fourth-order valence-corrected chi connectivity index (χ4v) is 4.20. The van der Waals surface area contributed by atoms with Gasteiger partial charge in [0, 0.05) is 10.9 Å². The quantitative estimate of drug-likeness (QED) is 0.788. The average Bonchev–Trinajstić information content (AvgIpc) is 3.26. The second kappa shape index (κ2) is 5.66. The number of carbonyl (C=O) groups excluding carboxylic acids is 1. The van der Waals surface area contributed by atoms with Crippen LogP contribution in [-0.2, 0) is 12.8 Å². The Kier molecular flexibility index (Phi) is 3.51. The van der Waals surface area contributed by atoms with Gasteiger partial charge in [0.15, 0.2) is 16.6 Å². The van der Waals surface area contributed by atoms with Crippen molar-refractivity contribution in [2.75, 3.05) is 5.32 Å². The van der Waals surface area contributed by atoms with Crippen molar-refractivity contribution in [1.82, 2.24) is 10.1 Å². The zero-order valence-corrected chi connectivity index (χ0v) is 13.3. The summed E-state index contributed by atoms with van der Waals surface area (Å²) in [5.41, 5.74) is 1.41. The summed E-state index contributed by atoms with van der Waals surface area (Å²) in [5.74, 6) is 0.330. The minimum absolute atomic E-state index is 0.275. The molecule has 0 aliphatic heterocycles. The van der Waals surface area contributed by atoms with Gasteiger partial charge in [-0.05, 0) is 37.1 Å². The van der Waals surface area contributed by atoms with Crippen LogP contribution in [0.15, 0.2) is 28.1 Å². The number of aryl methyl sites for hydroxylation is 2. The Bertz CT molecular complexity index is 781. The SMILES string of the molecule is O=C(Nc1nc2c(s1)CCCC2)c1cc(-c2cccs2)on1. The number of carbonyl (C=O) groups is 1. The lowest BCUT2D eigenvalue weighted by molar-refractivity contribution is 0.101. The maximum absolute atomic E-state index is 12.2. The van der Waals surface area contributed by atoms with Crippen LogP contribution in [0, 0.1) is 0 Å². The van der Waals surface area contributed by atoms with Gasteiger partial charge >= 0.3 is 0 Å². The summed E-state index contributed by atoms with van der Waals surface area (Å²) in [6.07, 6.45) is 4.46. The van der Waals surface area contributed by atoms with Crippen molar-refractivity contribution in [2.45, 2.75) is 25.7 Å². The highest BCUT2D eigenvalue weighted by molar-refractivity contribution is 7.16. The van der Waals surface area contributed by atoms with E-state index in [2.05, 4.69) is 15.5 Å².